The van der Waals surface area contributed by atoms with E-state index in [4.69, 9.17) is 0 Å². The Bertz CT molecular complexity index is 327. The highest BCUT2D eigenvalue weighted by Gasteiger charge is 2.05. The number of thioether (sulfide) groups is 1. The Labute approximate surface area is 111 Å². The van der Waals surface area contributed by atoms with Crippen LogP contribution >= 0.6 is 27.7 Å². The van der Waals surface area contributed by atoms with E-state index in [1.165, 1.54) is 4.90 Å². The lowest BCUT2D eigenvalue weighted by Crippen LogP contribution is -2.30. The van der Waals surface area contributed by atoms with Gasteiger partial charge in [0.05, 0.1) is 0 Å². The Hall–Kier alpha value is -0.250. The summed E-state index contributed by atoms with van der Waals surface area (Å²) in [6.45, 7) is 6.95. The Morgan fingerprint density at radius 3 is 3.00 bits per heavy atom. The van der Waals surface area contributed by atoms with E-state index in [2.05, 4.69) is 59.0 Å². The van der Waals surface area contributed by atoms with Gasteiger partial charge in [-0.1, -0.05) is 35.0 Å². The monoisotopic (exact) mass is 299 g/mol. The molecule has 0 aliphatic rings. The smallest absolute Gasteiger partial charge is 0.0195 e. The molecule has 0 aliphatic carbocycles. The zero-order valence-corrected chi connectivity index (χ0v) is 12.0. The number of halogens is 1. The molecule has 1 aromatic rings. The van der Waals surface area contributed by atoms with Gasteiger partial charge in [-0.05, 0) is 31.2 Å². The average molecular weight is 300 g/mol. The van der Waals surface area contributed by atoms with Gasteiger partial charge in [0.15, 0.2) is 0 Å². The molecule has 0 fully saturated rings. The summed E-state index contributed by atoms with van der Waals surface area (Å²) >= 11 is 5.37. The van der Waals surface area contributed by atoms with Gasteiger partial charge in [0.2, 0.25) is 0 Å². The fraction of sp³-hybridized carbons (Fsp3) is 0.385. The minimum Gasteiger partial charge on any atom is -0.313 e. The van der Waals surface area contributed by atoms with Crippen molar-refractivity contribution in [2.24, 2.45) is 0 Å². The third-order valence-corrected chi connectivity index (χ3v) is 3.84. The SMILES string of the molecule is C=CCC(CSc1cccc(Br)c1)NCC. The van der Waals surface area contributed by atoms with E-state index in [1.807, 2.05) is 17.8 Å². The number of hydrogen-bond acceptors (Lipinski definition) is 2. The van der Waals surface area contributed by atoms with Crippen molar-refractivity contribution < 1.29 is 0 Å². The van der Waals surface area contributed by atoms with Crippen LogP contribution in [-0.2, 0) is 0 Å². The minimum absolute atomic E-state index is 0.520. The summed E-state index contributed by atoms with van der Waals surface area (Å²) in [6.07, 6.45) is 3.00. The fourth-order valence-electron chi connectivity index (χ4n) is 1.45. The molecule has 1 rings (SSSR count). The summed E-state index contributed by atoms with van der Waals surface area (Å²) in [4.78, 5) is 1.31. The van der Waals surface area contributed by atoms with Crippen molar-refractivity contribution in [3.8, 4) is 0 Å². The van der Waals surface area contributed by atoms with E-state index in [0.717, 1.165) is 23.2 Å². The lowest BCUT2D eigenvalue weighted by atomic mass is 10.2. The van der Waals surface area contributed by atoms with Gasteiger partial charge in [0, 0.05) is 21.2 Å². The van der Waals surface area contributed by atoms with E-state index in [0.29, 0.717) is 6.04 Å². The quantitative estimate of drug-likeness (QED) is 0.601. The van der Waals surface area contributed by atoms with Crippen molar-refractivity contribution in [1.82, 2.24) is 5.32 Å². The predicted molar refractivity (Wildman–Crippen MR) is 77.1 cm³/mol. The second-order valence-electron chi connectivity index (χ2n) is 3.55. The zero-order valence-electron chi connectivity index (χ0n) is 9.58. The van der Waals surface area contributed by atoms with Crippen LogP contribution in [-0.4, -0.2) is 18.3 Å². The summed E-state index contributed by atoms with van der Waals surface area (Å²) in [5.41, 5.74) is 0. The molecule has 1 atom stereocenters. The van der Waals surface area contributed by atoms with Crippen LogP contribution in [0.1, 0.15) is 13.3 Å². The topological polar surface area (TPSA) is 12.0 Å². The molecule has 0 bridgehead atoms. The van der Waals surface area contributed by atoms with Crippen LogP contribution < -0.4 is 5.32 Å². The van der Waals surface area contributed by atoms with Crippen molar-refractivity contribution in [2.45, 2.75) is 24.3 Å². The molecule has 0 heterocycles. The van der Waals surface area contributed by atoms with Gasteiger partial charge in [0.1, 0.15) is 0 Å². The van der Waals surface area contributed by atoms with Gasteiger partial charge in [-0.25, -0.2) is 0 Å². The molecule has 0 aromatic heterocycles. The number of nitrogens with one attached hydrogen (secondary N) is 1. The third-order valence-electron chi connectivity index (χ3n) is 2.19. The van der Waals surface area contributed by atoms with E-state index in [-0.39, 0.29) is 0 Å². The molecule has 1 unspecified atom stereocenters. The largest absolute Gasteiger partial charge is 0.313 e. The Kier molecular flexibility index (Phi) is 6.85. The van der Waals surface area contributed by atoms with Gasteiger partial charge in [0.25, 0.3) is 0 Å². The van der Waals surface area contributed by atoms with Crippen molar-refractivity contribution in [1.29, 1.82) is 0 Å². The lowest BCUT2D eigenvalue weighted by Gasteiger charge is -2.15. The molecular formula is C13H18BrNS. The van der Waals surface area contributed by atoms with Gasteiger partial charge in [-0.3, -0.25) is 0 Å². The third kappa shape index (κ3) is 5.19. The Morgan fingerprint density at radius 2 is 2.38 bits per heavy atom. The molecule has 1 N–H and O–H groups in total. The molecule has 0 spiro atoms. The molecular weight excluding hydrogens is 282 g/mol. The minimum atomic E-state index is 0.520. The van der Waals surface area contributed by atoms with Crippen LogP contribution in [0.25, 0.3) is 0 Å². The number of rotatable bonds is 7. The van der Waals surface area contributed by atoms with Gasteiger partial charge >= 0.3 is 0 Å². The maximum absolute atomic E-state index is 3.80. The summed E-state index contributed by atoms with van der Waals surface area (Å²) < 4.78 is 1.14. The number of hydrogen-bond donors (Lipinski definition) is 1. The van der Waals surface area contributed by atoms with Crippen LogP contribution in [0.3, 0.4) is 0 Å². The first kappa shape index (κ1) is 13.8. The van der Waals surface area contributed by atoms with Crippen molar-refractivity contribution in [2.75, 3.05) is 12.3 Å². The highest BCUT2D eigenvalue weighted by Crippen LogP contribution is 2.23. The van der Waals surface area contributed by atoms with Crippen LogP contribution in [0.5, 0.6) is 0 Å². The summed E-state index contributed by atoms with van der Waals surface area (Å²) in [5, 5.41) is 3.46. The normalized spacial score (nSPS) is 12.4. The van der Waals surface area contributed by atoms with E-state index >= 15 is 0 Å². The standard InChI is InChI=1S/C13H18BrNS/c1-3-6-12(15-4-2)10-16-13-8-5-7-11(14)9-13/h3,5,7-9,12,15H,1,4,6,10H2,2H3. The van der Waals surface area contributed by atoms with Crippen LogP contribution in [0.4, 0.5) is 0 Å². The van der Waals surface area contributed by atoms with Crippen LogP contribution in [0.15, 0.2) is 46.3 Å². The molecule has 0 radical (unpaired) electrons. The maximum Gasteiger partial charge on any atom is 0.0195 e. The van der Waals surface area contributed by atoms with Crippen LogP contribution in [0, 0.1) is 0 Å². The van der Waals surface area contributed by atoms with Crippen molar-refractivity contribution in [3.63, 3.8) is 0 Å². The first-order valence-electron chi connectivity index (χ1n) is 5.49. The molecule has 16 heavy (non-hydrogen) atoms. The molecule has 0 saturated heterocycles. The first-order valence-corrected chi connectivity index (χ1v) is 7.26. The molecule has 0 amide bonds. The predicted octanol–water partition coefficient (Wildman–Crippen LogP) is 4.10. The highest BCUT2D eigenvalue weighted by atomic mass is 79.9. The van der Waals surface area contributed by atoms with E-state index in [9.17, 15) is 0 Å². The van der Waals surface area contributed by atoms with Crippen LogP contribution in [0.2, 0.25) is 0 Å². The summed E-state index contributed by atoms with van der Waals surface area (Å²) in [5.74, 6) is 1.08. The Morgan fingerprint density at radius 1 is 1.56 bits per heavy atom. The molecule has 88 valence electrons. The summed E-state index contributed by atoms with van der Waals surface area (Å²) in [7, 11) is 0. The lowest BCUT2D eigenvalue weighted by molar-refractivity contribution is 0.582. The van der Waals surface area contributed by atoms with Gasteiger partial charge in [-0.2, -0.15) is 0 Å². The van der Waals surface area contributed by atoms with Gasteiger partial charge < -0.3 is 5.32 Å². The van der Waals surface area contributed by atoms with Gasteiger partial charge in [-0.15, -0.1) is 18.3 Å². The number of benzene rings is 1. The molecule has 1 nitrogen and oxygen atoms in total. The second kappa shape index (κ2) is 7.93. The first-order chi connectivity index (χ1) is 7.76. The maximum atomic E-state index is 3.80. The summed E-state index contributed by atoms with van der Waals surface area (Å²) in [6, 6.07) is 8.94. The van der Waals surface area contributed by atoms with Crippen molar-refractivity contribution in [3.05, 3.63) is 41.4 Å². The average Bonchev–Trinajstić information content (AvgIpc) is 2.27. The molecule has 3 heteroatoms. The fourth-order valence-corrected chi connectivity index (χ4v) is 3.04. The molecule has 0 saturated carbocycles. The zero-order chi connectivity index (χ0) is 11.8. The molecule has 1 aromatic carbocycles. The molecule has 0 aliphatic heterocycles. The Balaban J connectivity index is 2.44. The van der Waals surface area contributed by atoms with Crippen molar-refractivity contribution >= 4 is 27.7 Å². The second-order valence-corrected chi connectivity index (χ2v) is 5.56. The van der Waals surface area contributed by atoms with E-state index in [1.54, 1.807) is 0 Å². The highest BCUT2D eigenvalue weighted by molar-refractivity contribution is 9.10. The van der Waals surface area contributed by atoms with E-state index < -0.39 is 0 Å².